The van der Waals surface area contributed by atoms with Gasteiger partial charge in [0, 0.05) is 13.1 Å². The first kappa shape index (κ1) is 7.90. The fourth-order valence-corrected chi connectivity index (χ4v) is 2.53. The van der Waals surface area contributed by atoms with Crippen molar-refractivity contribution in [2.75, 3.05) is 13.1 Å². The second-order valence-corrected chi connectivity index (χ2v) is 4.80. The molecule has 1 amide bonds. The average Bonchev–Trinajstić information content (AvgIpc) is 2.38. The Morgan fingerprint density at radius 1 is 1.50 bits per heavy atom. The highest BCUT2D eigenvalue weighted by Crippen LogP contribution is 2.67. The molecule has 2 fully saturated rings. The smallest absolute Gasteiger partial charge is 0.407 e. The van der Waals surface area contributed by atoms with Crippen LogP contribution in [0, 0.1) is 10.8 Å². The van der Waals surface area contributed by atoms with E-state index in [4.69, 9.17) is 5.11 Å². The number of nitrogens with zero attached hydrogens (tertiary/aromatic N) is 1. The van der Waals surface area contributed by atoms with Gasteiger partial charge in [-0.05, 0) is 23.7 Å². The minimum absolute atomic E-state index is 0.339. The van der Waals surface area contributed by atoms with Gasteiger partial charge < -0.3 is 10.0 Å². The van der Waals surface area contributed by atoms with E-state index in [0.717, 1.165) is 19.5 Å². The second-order valence-electron chi connectivity index (χ2n) is 4.80. The lowest BCUT2D eigenvalue weighted by atomic mass is 9.95. The van der Waals surface area contributed by atoms with Crippen molar-refractivity contribution >= 4 is 6.09 Å². The van der Waals surface area contributed by atoms with Crippen LogP contribution < -0.4 is 0 Å². The van der Waals surface area contributed by atoms with Crippen LogP contribution in [0.2, 0.25) is 0 Å². The van der Waals surface area contributed by atoms with E-state index in [-0.39, 0.29) is 0 Å². The first-order valence-electron chi connectivity index (χ1n) is 4.45. The van der Waals surface area contributed by atoms with Crippen molar-refractivity contribution in [3.8, 4) is 0 Å². The van der Waals surface area contributed by atoms with Crippen molar-refractivity contribution in [1.82, 2.24) is 4.90 Å². The Bertz CT molecular complexity index is 237. The van der Waals surface area contributed by atoms with Crippen LogP contribution in [0.5, 0.6) is 0 Å². The van der Waals surface area contributed by atoms with E-state index in [9.17, 15) is 4.79 Å². The Balaban J connectivity index is 2.05. The lowest BCUT2D eigenvalue weighted by molar-refractivity contribution is 0.152. The van der Waals surface area contributed by atoms with Crippen LogP contribution >= 0.6 is 0 Å². The first-order valence-corrected chi connectivity index (χ1v) is 4.45. The summed E-state index contributed by atoms with van der Waals surface area (Å²) in [6, 6.07) is 0. The Labute approximate surface area is 72.4 Å². The summed E-state index contributed by atoms with van der Waals surface area (Å²) in [5, 5.41) is 8.77. The van der Waals surface area contributed by atoms with Gasteiger partial charge in [0.2, 0.25) is 0 Å². The van der Waals surface area contributed by atoms with Gasteiger partial charge >= 0.3 is 6.09 Å². The molecule has 1 atom stereocenters. The molecule has 2 aliphatic rings. The number of carbonyl (C=O) groups is 1. The number of amides is 1. The van der Waals surface area contributed by atoms with Crippen LogP contribution in [0.1, 0.15) is 26.7 Å². The van der Waals surface area contributed by atoms with Crippen molar-refractivity contribution in [3.63, 3.8) is 0 Å². The normalized spacial score (nSPS) is 37.3. The summed E-state index contributed by atoms with van der Waals surface area (Å²) in [5.41, 5.74) is 0.725. The fourth-order valence-electron chi connectivity index (χ4n) is 2.53. The molecule has 1 heterocycles. The summed E-state index contributed by atoms with van der Waals surface area (Å²) in [4.78, 5) is 12.2. The molecule has 68 valence electrons. The second kappa shape index (κ2) is 1.95. The maximum atomic E-state index is 10.7. The van der Waals surface area contributed by atoms with Crippen LogP contribution in [0.25, 0.3) is 0 Å². The fraction of sp³-hybridized carbons (Fsp3) is 0.889. The van der Waals surface area contributed by atoms with Gasteiger partial charge in [0.25, 0.3) is 0 Å². The van der Waals surface area contributed by atoms with E-state index in [0.29, 0.717) is 10.8 Å². The monoisotopic (exact) mass is 169 g/mol. The summed E-state index contributed by atoms with van der Waals surface area (Å²) in [6.45, 7) is 5.96. The molecule has 0 aromatic carbocycles. The molecule has 0 aromatic rings. The van der Waals surface area contributed by atoms with E-state index >= 15 is 0 Å². The molecule has 0 radical (unpaired) electrons. The van der Waals surface area contributed by atoms with Crippen LogP contribution in [0.15, 0.2) is 0 Å². The lowest BCUT2D eigenvalue weighted by Gasteiger charge is -2.14. The summed E-state index contributed by atoms with van der Waals surface area (Å²) in [5.74, 6) is 0. The van der Waals surface area contributed by atoms with Crippen molar-refractivity contribution in [1.29, 1.82) is 0 Å². The number of rotatable bonds is 0. The molecule has 1 spiro atoms. The van der Waals surface area contributed by atoms with Gasteiger partial charge in [-0.25, -0.2) is 4.79 Å². The number of likely N-dealkylation sites (tertiary alicyclic amines) is 1. The SMILES string of the molecule is CC1(C)CC12CCN(C(=O)O)C2. The van der Waals surface area contributed by atoms with Crippen molar-refractivity contribution in [2.24, 2.45) is 10.8 Å². The number of carboxylic acid groups (broad SMARTS) is 1. The molecule has 1 aliphatic heterocycles. The Kier molecular flexibility index (Phi) is 1.28. The summed E-state index contributed by atoms with van der Waals surface area (Å²) in [7, 11) is 0. The summed E-state index contributed by atoms with van der Waals surface area (Å²) < 4.78 is 0. The average molecular weight is 169 g/mol. The summed E-state index contributed by atoms with van der Waals surface area (Å²) in [6.07, 6.45) is 1.50. The quantitative estimate of drug-likeness (QED) is 0.600. The van der Waals surface area contributed by atoms with Gasteiger partial charge in [0.05, 0.1) is 0 Å². The first-order chi connectivity index (χ1) is 5.47. The minimum atomic E-state index is -0.755. The molecule has 3 nitrogen and oxygen atoms in total. The van der Waals surface area contributed by atoms with Gasteiger partial charge in [0.1, 0.15) is 0 Å². The van der Waals surface area contributed by atoms with Crippen LogP contribution in [-0.2, 0) is 0 Å². The molecule has 1 N–H and O–H groups in total. The van der Waals surface area contributed by atoms with E-state index in [1.807, 2.05) is 0 Å². The number of hydrogen-bond donors (Lipinski definition) is 1. The number of hydrogen-bond acceptors (Lipinski definition) is 1. The molecule has 0 bridgehead atoms. The minimum Gasteiger partial charge on any atom is -0.465 e. The Morgan fingerprint density at radius 3 is 2.33 bits per heavy atom. The van der Waals surface area contributed by atoms with Crippen LogP contribution in [0.3, 0.4) is 0 Å². The lowest BCUT2D eigenvalue weighted by Crippen LogP contribution is -2.27. The van der Waals surface area contributed by atoms with E-state index in [1.165, 1.54) is 6.42 Å². The van der Waals surface area contributed by atoms with Gasteiger partial charge in [0.15, 0.2) is 0 Å². The van der Waals surface area contributed by atoms with Crippen molar-refractivity contribution < 1.29 is 9.90 Å². The van der Waals surface area contributed by atoms with E-state index in [2.05, 4.69) is 13.8 Å². The van der Waals surface area contributed by atoms with Crippen LogP contribution in [-0.4, -0.2) is 29.2 Å². The topological polar surface area (TPSA) is 40.5 Å². The van der Waals surface area contributed by atoms with E-state index < -0.39 is 6.09 Å². The summed E-state index contributed by atoms with van der Waals surface area (Å²) >= 11 is 0. The van der Waals surface area contributed by atoms with Crippen molar-refractivity contribution in [2.45, 2.75) is 26.7 Å². The molecular weight excluding hydrogens is 154 g/mol. The Morgan fingerprint density at radius 2 is 2.08 bits per heavy atom. The molecule has 0 aromatic heterocycles. The van der Waals surface area contributed by atoms with Gasteiger partial charge in [-0.3, -0.25) is 0 Å². The maximum absolute atomic E-state index is 10.7. The molecule has 1 saturated carbocycles. The third-order valence-electron chi connectivity index (χ3n) is 3.72. The van der Waals surface area contributed by atoms with Gasteiger partial charge in [-0.2, -0.15) is 0 Å². The maximum Gasteiger partial charge on any atom is 0.407 e. The molecule has 12 heavy (non-hydrogen) atoms. The van der Waals surface area contributed by atoms with Crippen molar-refractivity contribution in [3.05, 3.63) is 0 Å². The third kappa shape index (κ3) is 0.853. The predicted octanol–water partition coefficient (Wildman–Crippen LogP) is 1.79. The van der Waals surface area contributed by atoms with E-state index in [1.54, 1.807) is 4.90 Å². The molecule has 1 saturated heterocycles. The predicted molar refractivity (Wildman–Crippen MR) is 45.0 cm³/mol. The molecule has 1 unspecified atom stereocenters. The molecule has 3 heteroatoms. The van der Waals surface area contributed by atoms with Gasteiger partial charge in [-0.1, -0.05) is 13.8 Å². The highest BCUT2D eigenvalue weighted by molar-refractivity contribution is 5.65. The highest BCUT2D eigenvalue weighted by Gasteiger charge is 2.63. The molecular formula is C9H15NO2. The zero-order valence-electron chi connectivity index (χ0n) is 7.63. The zero-order valence-corrected chi connectivity index (χ0v) is 7.63. The third-order valence-corrected chi connectivity index (χ3v) is 3.72. The molecule has 1 aliphatic carbocycles. The molecule has 2 rings (SSSR count). The van der Waals surface area contributed by atoms with Crippen LogP contribution in [0.4, 0.5) is 4.79 Å². The zero-order chi connectivity index (χ0) is 8.98. The Hall–Kier alpha value is -0.730. The largest absolute Gasteiger partial charge is 0.465 e. The van der Waals surface area contributed by atoms with Gasteiger partial charge in [-0.15, -0.1) is 0 Å². The standard InChI is InChI=1S/C9H15NO2/c1-8(2)5-9(8)3-4-10(6-9)7(11)12/h3-6H2,1-2H3,(H,11,12). The highest BCUT2D eigenvalue weighted by atomic mass is 16.4.